The molecular formula is C17H23N3O4. The number of methoxy groups -OCH3 is 1. The molecule has 1 unspecified atom stereocenters. The molecular weight excluding hydrogens is 310 g/mol. The molecule has 1 aromatic rings. The maximum absolute atomic E-state index is 12.7. The average Bonchev–Trinajstić information content (AvgIpc) is 2.98. The molecule has 7 heteroatoms. The molecule has 2 aliphatic heterocycles. The number of piperidine rings is 1. The third kappa shape index (κ3) is 3.42. The van der Waals surface area contributed by atoms with Gasteiger partial charge in [0.25, 0.3) is 0 Å². The molecule has 7 nitrogen and oxygen atoms in total. The third-order valence-corrected chi connectivity index (χ3v) is 4.82. The van der Waals surface area contributed by atoms with Crippen LogP contribution in [0.2, 0.25) is 0 Å². The lowest BCUT2D eigenvalue weighted by Gasteiger charge is -2.38. The summed E-state index contributed by atoms with van der Waals surface area (Å²) in [7, 11) is 1.56. The van der Waals surface area contributed by atoms with E-state index >= 15 is 0 Å². The molecule has 2 saturated heterocycles. The third-order valence-electron chi connectivity index (χ3n) is 4.82. The molecule has 0 spiro atoms. The van der Waals surface area contributed by atoms with Gasteiger partial charge in [-0.15, -0.1) is 0 Å². The van der Waals surface area contributed by atoms with Gasteiger partial charge in [0.05, 0.1) is 18.1 Å². The van der Waals surface area contributed by atoms with Crippen LogP contribution in [-0.2, 0) is 14.3 Å². The highest BCUT2D eigenvalue weighted by molar-refractivity contribution is 5.99. The first-order chi connectivity index (χ1) is 11.5. The van der Waals surface area contributed by atoms with Crippen LogP contribution in [0.15, 0.2) is 24.4 Å². The van der Waals surface area contributed by atoms with Gasteiger partial charge in [-0.1, -0.05) is 6.07 Å². The fourth-order valence-corrected chi connectivity index (χ4v) is 3.42. The summed E-state index contributed by atoms with van der Waals surface area (Å²) in [5.41, 5.74) is -0.850. The molecule has 2 aliphatic rings. The predicted octanol–water partition coefficient (Wildman–Crippen LogP) is 0.434. The number of aliphatic hydroxyl groups is 1. The summed E-state index contributed by atoms with van der Waals surface area (Å²) >= 11 is 0. The molecule has 0 bridgehead atoms. The second-order valence-electron chi connectivity index (χ2n) is 6.58. The van der Waals surface area contributed by atoms with Crippen LogP contribution in [0, 0.1) is 5.92 Å². The highest BCUT2D eigenvalue weighted by Crippen LogP contribution is 2.28. The van der Waals surface area contributed by atoms with Gasteiger partial charge in [0.2, 0.25) is 11.8 Å². The Kier molecular flexibility index (Phi) is 4.82. The van der Waals surface area contributed by atoms with Crippen molar-refractivity contribution in [3.05, 3.63) is 24.4 Å². The first kappa shape index (κ1) is 16.9. The lowest BCUT2D eigenvalue weighted by atomic mass is 9.91. The zero-order chi connectivity index (χ0) is 17.2. The van der Waals surface area contributed by atoms with Gasteiger partial charge in [-0.2, -0.15) is 0 Å². The molecule has 0 saturated carbocycles. The van der Waals surface area contributed by atoms with Gasteiger partial charge in [-0.05, 0) is 25.0 Å². The average molecular weight is 333 g/mol. The van der Waals surface area contributed by atoms with E-state index < -0.39 is 5.60 Å². The summed E-state index contributed by atoms with van der Waals surface area (Å²) in [4.78, 5) is 32.4. The first-order valence-corrected chi connectivity index (χ1v) is 8.24. The van der Waals surface area contributed by atoms with Crippen molar-refractivity contribution in [2.45, 2.75) is 24.9 Å². The number of carbonyl (C=O) groups excluding carboxylic acids is 2. The van der Waals surface area contributed by atoms with E-state index in [0.29, 0.717) is 38.3 Å². The SMILES string of the molecule is COCC1(O)CCN(C(=O)C2CC(=O)N(c3ccccn3)C2)CC1. The fourth-order valence-electron chi connectivity index (χ4n) is 3.42. The molecule has 1 aromatic heterocycles. The molecule has 3 heterocycles. The summed E-state index contributed by atoms with van der Waals surface area (Å²) < 4.78 is 5.05. The second kappa shape index (κ2) is 6.86. The number of anilines is 1. The lowest BCUT2D eigenvalue weighted by Crippen LogP contribution is -2.50. The minimum Gasteiger partial charge on any atom is -0.387 e. The molecule has 2 fully saturated rings. The van der Waals surface area contributed by atoms with Gasteiger partial charge >= 0.3 is 0 Å². The van der Waals surface area contributed by atoms with Gasteiger partial charge in [0.15, 0.2) is 0 Å². The van der Waals surface area contributed by atoms with Crippen molar-refractivity contribution in [3.8, 4) is 0 Å². The largest absolute Gasteiger partial charge is 0.387 e. The predicted molar refractivity (Wildman–Crippen MR) is 87.3 cm³/mol. The van der Waals surface area contributed by atoms with Crippen molar-refractivity contribution < 1.29 is 19.4 Å². The first-order valence-electron chi connectivity index (χ1n) is 8.24. The Balaban J connectivity index is 1.60. The van der Waals surface area contributed by atoms with Crippen LogP contribution >= 0.6 is 0 Å². The topological polar surface area (TPSA) is 83.0 Å². The van der Waals surface area contributed by atoms with Crippen LogP contribution in [0.4, 0.5) is 5.82 Å². The molecule has 24 heavy (non-hydrogen) atoms. The van der Waals surface area contributed by atoms with Crippen LogP contribution < -0.4 is 4.90 Å². The molecule has 0 aliphatic carbocycles. The molecule has 0 aromatic carbocycles. The van der Waals surface area contributed by atoms with E-state index in [1.54, 1.807) is 35.2 Å². The summed E-state index contributed by atoms with van der Waals surface area (Å²) in [5, 5.41) is 10.3. The van der Waals surface area contributed by atoms with Crippen molar-refractivity contribution >= 4 is 17.6 Å². The number of ether oxygens (including phenoxy) is 1. The van der Waals surface area contributed by atoms with E-state index in [9.17, 15) is 14.7 Å². The number of hydrogen-bond donors (Lipinski definition) is 1. The highest BCUT2D eigenvalue weighted by atomic mass is 16.5. The standard InChI is InChI=1S/C17H23N3O4/c1-24-12-17(23)5-8-19(9-6-17)16(22)13-10-15(21)20(11-13)14-4-2-3-7-18-14/h2-4,7,13,23H,5-6,8-12H2,1H3. The molecule has 130 valence electrons. The van der Waals surface area contributed by atoms with Crippen molar-refractivity contribution in [2.75, 3.05) is 38.3 Å². The van der Waals surface area contributed by atoms with Crippen LogP contribution in [0.1, 0.15) is 19.3 Å². The molecule has 1 atom stereocenters. The minimum absolute atomic E-state index is 0.0127. The van der Waals surface area contributed by atoms with E-state index in [-0.39, 0.29) is 30.8 Å². The number of carbonyl (C=O) groups is 2. The summed E-state index contributed by atoms with van der Waals surface area (Å²) in [5.74, 6) is 0.167. The van der Waals surface area contributed by atoms with Crippen molar-refractivity contribution in [2.24, 2.45) is 5.92 Å². The monoisotopic (exact) mass is 333 g/mol. The Labute approximate surface area is 141 Å². The van der Waals surface area contributed by atoms with E-state index in [1.165, 1.54) is 0 Å². The van der Waals surface area contributed by atoms with Crippen molar-refractivity contribution in [1.29, 1.82) is 0 Å². The molecule has 2 amide bonds. The van der Waals surface area contributed by atoms with E-state index in [4.69, 9.17) is 4.74 Å². The quantitative estimate of drug-likeness (QED) is 0.864. The van der Waals surface area contributed by atoms with Gasteiger partial charge in [-0.25, -0.2) is 4.98 Å². The number of rotatable bonds is 4. The number of amides is 2. The molecule has 0 radical (unpaired) electrons. The normalized spacial score (nSPS) is 23.6. The number of aromatic nitrogens is 1. The second-order valence-corrected chi connectivity index (χ2v) is 6.58. The van der Waals surface area contributed by atoms with Crippen molar-refractivity contribution in [1.82, 2.24) is 9.88 Å². The Hall–Kier alpha value is -1.99. The van der Waals surface area contributed by atoms with E-state index in [1.807, 2.05) is 6.07 Å². The van der Waals surface area contributed by atoms with E-state index in [2.05, 4.69) is 4.98 Å². The number of nitrogens with zero attached hydrogens (tertiary/aromatic N) is 3. The zero-order valence-corrected chi connectivity index (χ0v) is 13.9. The van der Waals surface area contributed by atoms with Crippen LogP contribution in [-0.4, -0.2) is 65.8 Å². The van der Waals surface area contributed by atoms with Gasteiger partial charge in [0.1, 0.15) is 5.82 Å². The molecule has 1 N–H and O–H groups in total. The Morgan fingerprint density at radius 3 is 2.79 bits per heavy atom. The maximum atomic E-state index is 12.7. The van der Waals surface area contributed by atoms with Crippen molar-refractivity contribution in [3.63, 3.8) is 0 Å². The van der Waals surface area contributed by atoms with Gasteiger partial charge < -0.3 is 14.7 Å². The number of pyridine rings is 1. The van der Waals surface area contributed by atoms with Crippen LogP contribution in [0.5, 0.6) is 0 Å². The molecule has 3 rings (SSSR count). The smallest absolute Gasteiger partial charge is 0.229 e. The zero-order valence-electron chi connectivity index (χ0n) is 13.9. The summed E-state index contributed by atoms with van der Waals surface area (Å²) in [6, 6.07) is 5.39. The number of likely N-dealkylation sites (tertiary alicyclic amines) is 1. The highest BCUT2D eigenvalue weighted by Gasteiger charge is 2.40. The summed E-state index contributed by atoms with van der Waals surface area (Å²) in [6.45, 7) is 1.64. The number of hydrogen-bond acceptors (Lipinski definition) is 5. The van der Waals surface area contributed by atoms with Crippen LogP contribution in [0.3, 0.4) is 0 Å². The fraction of sp³-hybridized carbons (Fsp3) is 0.588. The lowest BCUT2D eigenvalue weighted by molar-refractivity contribution is -0.141. The Morgan fingerprint density at radius 2 is 2.17 bits per heavy atom. The Bertz CT molecular complexity index is 599. The van der Waals surface area contributed by atoms with Crippen LogP contribution in [0.25, 0.3) is 0 Å². The van der Waals surface area contributed by atoms with Gasteiger partial charge in [-0.3, -0.25) is 14.5 Å². The Morgan fingerprint density at radius 1 is 1.42 bits per heavy atom. The van der Waals surface area contributed by atoms with Gasteiger partial charge in [0, 0.05) is 39.4 Å². The minimum atomic E-state index is -0.850. The maximum Gasteiger partial charge on any atom is 0.229 e. The summed E-state index contributed by atoms with van der Waals surface area (Å²) in [6.07, 6.45) is 2.85. The van der Waals surface area contributed by atoms with E-state index in [0.717, 1.165) is 0 Å².